The van der Waals surface area contributed by atoms with E-state index in [0.29, 0.717) is 17.5 Å². The summed E-state index contributed by atoms with van der Waals surface area (Å²) in [5.41, 5.74) is 6.12. The quantitative estimate of drug-likeness (QED) is 0.847. The lowest BCUT2D eigenvalue weighted by molar-refractivity contribution is 0.0945. The minimum Gasteiger partial charge on any atom is -0.396 e. The van der Waals surface area contributed by atoms with Crippen LogP contribution in [0.2, 0.25) is 0 Å². The molecule has 1 amide bonds. The van der Waals surface area contributed by atoms with Crippen molar-refractivity contribution in [2.24, 2.45) is 0 Å². The Kier molecular flexibility index (Phi) is 3.92. The maximum atomic E-state index is 12.1. The summed E-state index contributed by atoms with van der Waals surface area (Å²) in [6.45, 7) is 5.71. The van der Waals surface area contributed by atoms with Crippen molar-refractivity contribution in [2.75, 3.05) is 5.73 Å². The predicted molar refractivity (Wildman–Crippen MR) is 70.7 cm³/mol. The smallest absolute Gasteiger partial charge is 0.272 e. The SMILES string of the molecule is Cc1nc(CNC(=O)c2nc(C(C)C)ncc2N)no1. The first-order valence-electron chi connectivity index (χ1n) is 6.17. The zero-order valence-corrected chi connectivity index (χ0v) is 11.5. The summed E-state index contributed by atoms with van der Waals surface area (Å²) in [5, 5.41) is 6.33. The number of carbonyl (C=O) groups is 1. The second kappa shape index (κ2) is 5.64. The zero-order chi connectivity index (χ0) is 14.7. The van der Waals surface area contributed by atoms with Gasteiger partial charge in [-0.2, -0.15) is 4.98 Å². The average molecular weight is 276 g/mol. The number of aromatic nitrogens is 4. The van der Waals surface area contributed by atoms with E-state index in [1.54, 1.807) is 6.92 Å². The average Bonchev–Trinajstić information content (AvgIpc) is 2.82. The van der Waals surface area contributed by atoms with E-state index in [-0.39, 0.29) is 23.8 Å². The third-order valence-corrected chi connectivity index (χ3v) is 2.54. The molecule has 106 valence electrons. The first-order valence-corrected chi connectivity index (χ1v) is 6.17. The highest BCUT2D eigenvalue weighted by Gasteiger charge is 2.15. The van der Waals surface area contributed by atoms with Crippen molar-refractivity contribution >= 4 is 11.6 Å². The van der Waals surface area contributed by atoms with Crippen LogP contribution in [0.25, 0.3) is 0 Å². The molecule has 0 aliphatic carbocycles. The van der Waals surface area contributed by atoms with Gasteiger partial charge >= 0.3 is 0 Å². The molecule has 3 N–H and O–H groups in total. The minimum absolute atomic E-state index is 0.113. The Morgan fingerprint density at radius 2 is 2.20 bits per heavy atom. The van der Waals surface area contributed by atoms with Crippen LogP contribution in [-0.4, -0.2) is 26.0 Å². The molecule has 0 aliphatic heterocycles. The van der Waals surface area contributed by atoms with Crippen LogP contribution >= 0.6 is 0 Å². The fourth-order valence-electron chi connectivity index (χ4n) is 1.52. The van der Waals surface area contributed by atoms with Gasteiger partial charge in [0.2, 0.25) is 5.89 Å². The third-order valence-electron chi connectivity index (χ3n) is 2.54. The molecule has 0 atom stereocenters. The molecular weight excluding hydrogens is 260 g/mol. The molecule has 0 spiro atoms. The molecule has 0 unspecified atom stereocenters. The number of hydrogen-bond acceptors (Lipinski definition) is 7. The molecule has 8 nitrogen and oxygen atoms in total. The number of amides is 1. The van der Waals surface area contributed by atoms with Crippen molar-refractivity contribution in [3.05, 3.63) is 29.4 Å². The monoisotopic (exact) mass is 276 g/mol. The normalized spacial score (nSPS) is 10.8. The summed E-state index contributed by atoms with van der Waals surface area (Å²) in [4.78, 5) is 24.3. The number of rotatable bonds is 4. The molecule has 0 radical (unpaired) electrons. The fraction of sp³-hybridized carbons (Fsp3) is 0.417. The number of carbonyl (C=O) groups excluding carboxylic acids is 1. The van der Waals surface area contributed by atoms with Gasteiger partial charge in [0, 0.05) is 12.8 Å². The van der Waals surface area contributed by atoms with E-state index in [0.717, 1.165) is 0 Å². The van der Waals surface area contributed by atoms with E-state index in [9.17, 15) is 4.79 Å². The zero-order valence-electron chi connectivity index (χ0n) is 11.5. The van der Waals surface area contributed by atoms with Crippen molar-refractivity contribution in [2.45, 2.75) is 33.2 Å². The van der Waals surface area contributed by atoms with Crippen LogP contribution in [0.3, 0.4) is 0 Å². The van der Waals surface area contributed by atoms with Crippen LogP contribution < -0.4 is 11.1 Å². The second-order valence-electron chi connectivity index (χ2n) is 4.60. The first kappa shape index (κ1) is 13.9. The van der Waals surface area contributed by atoms with Crippen LogP contribution in [0.15, 0.2) is 10.7 Å². The third kappa shape index (κ3) is 3.08. The van der Waals surface area contributed by atoms with Crippen molar-refractivity contribution < 1.29 is 9.32 Å². The number of nitrogens with zero attached hydrogens (tertiary/aromatic N) is 4. The van der Waals surface area contributed by atoms with Gasteiger partial charge < -0.3 is 15.6 Å². The lowest BCUT2D eigenvalue weighted by Gasteiger charge is -2.08. The van der Waals surface area contributed by atoms with Crippen molar-refractivity contribution in [1.82, 2.24) is 25.4 Å². The molecule has 0 fully saturated rings. The summed E-state index contributed by atoms with van der Waals surface area (Å²) in [6, 6.07) is 0. The highest BCUT2D eigenvalue weighted by Crippen LogP contribution is 2.13. The summed E-state index contributed by atoms with van der Waals surface area (Å²) in [6.07, 6.45) is 1.44. The number of anilines is 1. The highest BCUT2D eigenvalue weighted by molar-refractivity contribution is 5.96. The molecule has 20 heavy (non-hydrogen) atoms. The molecular formula is C12H16N6O2. The Balaban J connectivity index is 2.10. The predicted octanol–water partition coefficient (Wildman–Crippen LogP) is 0.804. The van der Waals surface area contributed by atoms with Crippen LogP contribution in [-0.2, 0) is 6.54 Å². The molecule has 0 aliphatic rings. The van der Waals surface area contributed by atoms with Gasteiger partial charge in [0.15, 0.2) is 11.5 Å². The Morgan fingerprint density at radius 3 is 2.80 bits per heavy atom. The summed E-state index contributed by atoms with van der Waals surface area (Å²) >= 11 is 0. The summed E-state index contributed by atoms with van der Waals surface area (Å²) < 4.78 is 4.81. The number of aryl methyl sites for hydroxylation is 1. The topological polar surface area (TPSA) is 120 Å². The van der Waals surface area contributed by atoms with Gasteiger partial charge in [-0.3, -0.25) is 4.79 Å². The number of nitrogen functional groups attached to an aromatic ring is 1. The lowest BCUT2D eigenvalue weighted by Crippen LogP contribution is -2.26. The highest BCUT2D eigenvalue weighted by atomic mass is 16.5. The number of hydrogen-bond donors (Lipinski definition) is 2. The molecule has 0 aromatic carbocycles. The Hall–Kier alpha value is -2.51. The van der Waals surface area contributed by atoms with Gasteiger partial charge in [0.1, 0.15) is 5.82 Å². The Morgan fingerprint density at radius 1 is 1.45 bits per heavy atom. The molecule has 2 aromatic rings. The Labute approximate surface area is 115 Å². The van der Waals surface area contributed by atoms with Gasteiger partial charge in [-0.15, -0.1) is 0 Å². The molecule has 2 rings (SSSR count). The van der Waals surface area contributed by atoms with Crippen LogP contribution in [0.5, 0.6) is 0 Å². The second-order valence-corrected chi connectivity index (χ2v) is 4.60. The number of nitrogens with one attached hydrogen (secondary N) is 1. The van der Waals surface area contributed by atoms with E-state index < -0.39 is 5.91 Å². The molecule has 2 aromatic heterocycles. The number of nitrogens with two attached hydrogens (primary N) is 1. The van der Waals surface area contributed by atoms with Gasteiger partial charge in [-0.25, -0.2) is 9.97 Å². The molecule has 0 bridgehead atoms. The van der Waals surface area contributed by atoms with E-state index in [2.05, 4.69) is 25.4 Å². The van der Waals surface area contributed by atoms with Crippen LogP contribution in [0, 0.1) is 6.92 Å². The summed E-state index contributed by atoms with van der Waals surface area (Å²) in [7, 11) is 0. The molecule has 0 saturated heterocycles. The largest absolute Gasteiger partial charge is 0.396 e. The summed E-state index contributed by atoms with van der Waals surface area (Å²) in [5.74, 6) is 1.13. The van der Waals surface area contributed by atoms with Crippen LogP contribution in [0.4, 0.5) is 5.69 Å². The maximum Gasteiger partial charge on any atom is 0.272 e. The standard InChI is InChI=1S/C12H16N6O2/c1-6(2)11-14-4-8(13)10(17-11)12(19)15-5-9-16-7(3)20-18-9/h4,6H,5,13H2,1-3H3,(H,15,19). The molecule has 2 heterocycles. The maximum absolute atomic E-state index is 12.1. The van der Waals surface area contributed by atoms with Gasteiger partial charge in [0.25, 0.3) is 5.91 Å². The molecule has 0 saturated carbocycles. The van der Waals surface area contributed by atoms with Gasteiger partial charge in [-0.05, 0) is 0 Å². The van der Waals surface area contributed by atoms with Crippen molar-refractivity contribution in [3.63, 3.8) is 0 Å². The lowest BCUT2D eigenvalue weighted by atomic mass is 10.2. The van der Waals surface area contributed by atoms with Gasteiger partial charge in [-0.1, -0.05) is 19.0 Å². The van der Waals surface area contributed by atoms with Gasteiger partial charge in [0.05, 0.1) is 18.4 Å². The van der Waals surface area contributed by atoms with Crippen molar-refractivity contribution in [1.29, 1.82) is 0 Å². The van der Waals surface area contributed by atoms with E-state index >= 15 is 0 Å². The fourth-order valence-corrected chi connectivity index (χ4v) is 1.52. The minimum atomic E-state index is -0.394. The van der Waals surface area contributed by atoms with E-state index in [4.69, 9.17) is 10.3 Å². The first-order chi connectivity index (χ1) is 9.47. The van der Waals surface area contributed by atoms with Crippen molar-refractivity contribution in [3.8, 4) is 0 Å². The van der Waals surface area contributed by atoms with E-state index in [1.165, 1.54) is 6.20 Å². The van der Waals surface area contributed by atoms with Crippen LogP contribution in [0.1, 0.15) is 47.8 Å². The Bertz CT molecular complexity index is 622. The molecule has 8 heteroatoms. The van der Waals surface area contributed by atoms with E-state index in [1.807, 2.05) is 13.8 Å².